The third-order valence-electron chi connectivity index (χ3n) is 8.53. The van der Waals surface area contributed by atoms with Crippen LogP contribution in [-0.4, -0.2) is 27.5 Å². The van der Waals surface area contributed by atoms with E-state index in [1.165, 1.54) is 48.3 Å². The summed E-state index contributed by atoms with van der Waals surface area (Å²) >= 11 is 1.86. The van der Waals surface area contributed by atoms with E-state index in [0.29, 0.717) is 0 Å². The van der Waals surface area contributed by atoms with Crippen LogP contribution in [0.2, 0.25) is 0 Å². The largest absolute Gasteiger partial charge is 0.494 e. The SMILES string of the molecule is CC1(C)OB(c2cccc(-n3c4ccccc4c4c5cccc6c5n(c43)-c3ccccc3S6)c2)OC1(C)C. The molecule has 2 aliphatic heterocycles. The second-order valence-corrected chi connectivity index (χ2v) is 12.4. The van der Waals surface area contributed by atoms with Crippen molar-refractivity contribution >= 4 is 57.2 Å². The number of fused-ring (bicyclic) bond motifs is 7. The van der Waals surface area contributed by atoms with Gasteiger partial charge in [-0.2, -0.15) is 0 Å². The maximum absolute atomic E-state index is 6.42. The lowest BCUT2D eigenvalue weighted by Crippen LogP contribution is -2.41. The summed E-state index contributed by atoms with van der Waals surface area (Å²) in [6.45, 7) is 8.40. The van der Waals surface area contributed by atoms with Gasteiger partial charge in [0.2, 0.25) is 0 Å². The van der Waals surface area contributed by atoms with E-state index in [1.54, 1.807) is 0 Å². The highest BCUT2D eigenvalue weighted by Gasteiger charge is 2.51. The molecule has 0 bridgehead atoms. The minimum Gasteiger partial charge on any atom is -0.399 e. The zero-order valence-corrected chi connectivity index (χ0v) is 22.7. The Morgan fingerprint density at radius 2 is 1.37 bits per heavy atom. The van der Waals surface area contributed by atoms with Crippen LogP contribution in [0.4, 0.5) is 0 Å². The van der Waals surface area contributed by atoms with Crippen LogP contribution in [0.25, 0.3) is 44.2 Å². The maximum atomic E-state index is 6.42. The molecular formula is C32H27BN2O2S. The molecule has 0 unspecified atom stereocenters. The van der Waals surface area contributed by atoms with Gasteiger partial charge in [-0.1, -0.05) is 66.4 Å². The maximum Gasteiger partial charge on any atom is 0.494 e. The Morgan fingerprint density at radius 3 is 2.21 bits per heavy atom. The molecular weight excluding hydrogens is 487 g/mol. The molecule has 0 spiro atoms. The van der Waals surface area contributed by atoms with Gasteiger partial charge < -0.3 is 9.31 Å². The zero-order valence-electron chi connectivity index (χ0n) is 21.9. The Labute approximate surface area is 226 Å². The van der Waals surface area contributed by atoms with E-state index in [4.69, 9.17) is 9.31 Å². The predicted molar refractivity (Wildman–Crippen MR) is 157 cm³/mol. The molecule has 4 nitrogen and oxygen atoms in total. The Kier molecular flexibility index (Phi) is 4.49. The summed E-state index contributed by atoms with van der Waals surface area (Å²) in [5.74, 6) is 0. The van der Waals surface area contributed by atoms with Crippen LogP contribution in [0.15, 0.2) is 101 Å². The Hall–Kier alpha value is -3.45. The van der Waals surface area contributed by atoms with Crippen molar-refractivity contribution in [2.24, 2.45) is 0 Å². The quantitative estimate of drug-likeness (QED) is 0.224. The van der Waals surface area contributed by atoms with Crippen molar-refractivity contribution in [3.63, 3.8) is 0 Å². The van der Waals surface area contributed by atoms with Gasteiger partial charge in [0.25, 0.3) is 0 Å². The Morgan fingerprint density at radius 1 is 0.684 bits per heavy atom. The summed E-state index contributed by atoms with van der Waals surface area (Å²) in [5.41, 5.74) is 6.23. The molecule has 2 aromatic heterocycles. The minimum atomic E-state index is -0.411. The number of hydrogen-bond acceptors (Lipinski definition) is 3. The lowest BCUT2D eigenvalue weighted by molar-refractivity contribution is 0.00578. The second kappa shape index (κ2) is 7.57. The van der Waals surface area contributed by atoms with Crippen LogP contribution in [0.5, 0.6) is 0 Å². The molecule has 0 N–H and O–H groups in total. The molecule has 0 saturated carbocycles. The van der Waals surface area contributed by atoms with Crippen LogP contribution in [-0.2, 0) is 9.31 Å². The van der Waals surface area contributed by atoms with Crippen LogP contribution < -0.4 is 5.46 Å². The smallest absolute Gasteiger partial charge is 0.399 e. The van der Waals surface area contributed by atoms with Gasteiger partial charge in [-0.25, -0.2) is 0 Å². The topological polar surface area (TPSA) is 28.3 Å². The first-order valence-electron chi connectivity index (χ1n) is 13.1. The normalized spacial score (nSPS) is 17.5. The number of benzene rings is 4. The minimum absolute atomic E-state index is 0.387. The zero-order chi connectivity index (χ0) is 25.8. The second-order valence-electron chi connectivity index (χ2n) is 11.3. The van der Waals surface area contributed by atoms with E-state index >= 15 is 0 Å². The molecule has 0 aliphatic carbocycles. The molecule has 0 atom stereocenters. The molecule has 38 heavy (non-hydrogen) atoms. The summed E-state index contributed by atoms with van der Waals surface area (Å²) in [6, 6.07) is 32.8. The molecule has 2 aliphatic rings. The van der Waals surface area contributed by atoms with Crippen LogP contribution >= 0.6 is 11.8 Å². The molecule has 186 valence electrons. The standard InChI is InChI=1S/C32H27BN2O2S/c1-31(2)32(3,4)37-33(36-31)20-11-9-12-21(19-20)34-24-15-6-5-13-22(24)28-23-14-10-18-27-29(23)35(30(28)34)25-16-7-8-17-26(25)38-27/h5-19H,1-4H3. The summed E-state index contributed by atoms with van der Waals surface area (Å²) in [6.07, 6.45) is 0. The average Bonchev–Trinajstić information content (AvgIpc) is 3.50. The van der Waals surface area contributed by atoms with Gasteiger partial charge >= 0.3 is 7.12 Å². The molecule has 4 heterocycles. The van der Waals surface area contributed by atoms with Crippen molar-refractivity contribution in [2.45, 2.75) is 48.7 Å². The van der Waals surface area contributed by atoms with Crippen molar-refractivity contribution in [3.05, 3.63) is 91.0 Å². The Bertz CT molecular complexity index is 1920. The average molecular weight is 514 g/mol. The van der Waals surface area contributed by atoms with Crippen LogP contribution in [0.3, 0.4) is 0 Å². The molecule has 1 fully saturated rings. The van der Waals surface area contributed by atoms with Gasteiger partial charge in [0.1, 0.15) is 5.65 Å². The fourth-order valence-corrected chi connectivity index (χ4v) is 7.07. The highest BCUT2D eigenvalue weighted by molar-refractivity contribution is 7.99. The molecule has 6 aromatic rings. The monoisotopic (exact) mass is 514 g/mol. The Balaban J connectivity index is 1.45. The number of hydrogen-bond donors (Lipinski definition) is 0. The number of nitrogens with zero attached hydrogens (tertiary/aromatic N) is 2. The van der Waals surface area contributed by atoms with Crippen molar-refractivity contribution in [3.8, 4) is 11.4 Å². The lowest BCUT2D eigenvalue weighted by atomic mass is 9.79. The van der Waals surface area contributed by atoms with Crippen molar-refractivity contribution in [1.29, 1.82) is 0 Å². The van der Waals surface area contributed by atoms with E-state index in [-0.39, 0.29) is 11.2 Å². The fraction of sp³-hybridized carbons (Fsp3) is 0.188. The van der Waals surface area contributed by atoms with Gasteiger partial charge in [0, 0.05) is 31.6 Å². The summed E-state index contributed by atoms with van der Waals surface area (Å²) in [4.78, 5) is 2.56. The summed E-state index contributed by atoms with van der Waals surface area (Å²) in [5, 5.41) is 3.83. The number of rotatable bonds is 2. The van der Waals surface area contributed by atoms with Crippen molar-refractivity contribution in [2.75, 3.05) is 0 Å². The fourth-order valence-electron chi connectivity index (χ4n) is 5.98. The summed E-state index contributed by atoms with van der Waals surface area (Å²) < 4.78 is 17.7. The van der Waals surface area contributed by atoms with Crippen molar-refractivity contribution < 1.29 is 9.31 Å². The van der Waals surface area contributed by atoms with Gasteiger partial charge in [-0.05, 0) is 69.6 Å². The van der Waals surface area contributed by atoms with Crippen LogP contribution in [0, 0.1) is 0 Å². The molecule has 4 aromatic carbocycles. The summed E-state index contributed by atoms with van der Waals surface area (Å²) in [7, 11) is -0.411. The first-order valence-corrected chi connectivity index (χ1v) is 14.0. The third-order valence-corrected chi connectivity index (χ3v) is 9.65. The van der Waals surface area contributed by atoms with E-state index in [2.05, 4.69) is 128 Å². The van der Waals surface area contributed by atoms with E-state index in [9.17, 15) is 0 Å². The molecule has 0 amide bonds. The van der Waals surface area contributed by atoms with E-state index in [1.807, 2.05) is 11.8 Å². The molecule has 0 radical (unpaired) electrons. The van der Waals surface area contributed by atoms with Crippen molar-refractivity contribution in [1.82, 2.24) is 9.13 Å². The highest BCUT2D eigenvalue weighted by Crippen LogP contribution is 2.49. The number of aromatic nitrogens is 2. The first kappa shape index (κ1) is 22.5. The van der Waals surface area contributed by atoms with Gasteiger partial charge in [0.05, 0.1) is 27.9 Å². The van der Waals surface area contributed by atoms with Gasteiger partial charge in [-0.15, -0.1) is 0 Å². The van der Waals surface area contributed by atoms with Crippen LogP contribution in [0.1, 0.15) is 27.7 Å². The van der Waals surface area contributed by atoms with Gasteiger partial charge in [-0.3, -0.25) is 9.13 Å². The predicted octanol–water partition coefficient (Wildman–Crippen LogP) is 7.49. The molecule has 6 heteroatoms. The number of para-hydroxylation sites is 3. The lowest BCUT2D eigenvalue weighted by Gasteiger charge is -2.32. The molecule has 1 saturated heterocycles. The van der Waals surface area contributed by atoms with E-state index < -0.39 is 7.12 Å². The first-order chi connectivity index (χ1) is 18.3. The third kappa shape index (κ3) is 2.91. The highest BCUT2D eigenvalue weighted by atomic mass is 32.2. The van der Waals surface area contributed by atoms with E-state index in [0.717, 1.165) is 11.2 Å². The van der Waals surface area contributed by atoms with Gasteiger partial charge in [0.15, 0.2) is 0 Å². The molecule has 8 rings (SSSR count).